The Morgan fingerprint density at radius 1 is 0.943 bits per heavy atom. The number of rotatable bonds is 6. The zero-order valence-corrected chi connectivity index (χ0v) is 21.0. The summed E-state index contributed by atoms with van der Waals surface area (Å²) < 4.78 is 32.6. The van der Waals surface area contributed by atoms with Crippen LogP contribution in [0.4, 0.5) is 5.69 Å². The molecule has 0 saturated carbocycles. The zero-order valence-electron chi connectivity index (χ0n) is 20.1. The minimum absolute atomic E-state index is 0.0114. The fourth-order valence-corrected chi connectivity index (χ4v) is 5.93. The fourth-order valence-electron chi connectivity index (χ4n) is 4.40. The van der Waals surface area contributed by atoms with Crippen molar-refractivity contribution in [3.63, 3.8) is 0 Å². The Labute approximate surface area is 206 Å². The summed E-state index contributed by atoms with van der Waals surface area (Å²) in [7, 11) is -0.138. The average molecular weight is 501 g/mol. The number of nitrogens with zero attached hydrogens (tertiary/aromatic N) is 3. The number of piperidine rings is 1. The molecule has 0 bridgehead atoms. The van der Waals surface area contributed by atoms with E-state index in [4.69, 9.17) is 4.74 Å². The molecule has 4 rings (SSSR count). The van der Waals surface area contributed by atoms with Crippen molar-refractivity contribution >= 4 is 27.5 Å². The summed E-state index contributed by atoms with van der Waals surface area (Å²) in [6.45, 7) is 3.61. The smallest absolute Gasteiger partial charge is 0.253 e. The molecule has 0 aliphatic carbocycles. The number of hydrogen-bond donors (Lipinski definition) is 1. The van der Waals surface area contributed by atoms with Crippen LogP contribution in [0.3, 0.4) is 0 Å². The Hall–Kier alpha value is -2.95. The molecule has 0 radical (unpaired) electrons. The third-order valence-electron chi connectivity index (χ3n) is 6.64. The number of amides is 2. The molecule has 2 saturated heterocycles. The van der Waals surface area contributed by atoms with E-state index in [1.54, 1.807) is 36.4 Å². The highest BCUT2D eigenvalue weighted by Gasteiger charge is 2.33. The Kier molecular flexibility index (Phi) is 7.73. The Morgan fingerprint density at radius 2 is 1.60 bits per heavy atom. The summed E-state index contributed by atoms with van der Waals surface area (Å²) in [6, 6.07) is 13.1. The van der Waals surface area contributed by atoms with Gasteiger partial charge < -0.3 is 19.9 Å². The SMILES string of the molecule is COc1ccc(S(=O)(=O)N2CCC[C@H](C(=O)Nc3ccc(C(=O)N4CCN(C)CC4)cc3)C2)cc1. The average Bonchev–Trinajstić information content (AvgIpc) is 2.89. The second kappa shape index (κ2) is 10.8. The van der Waals surface area contributed by atoms with Crippen LogP contribution in [-0.2, 0) is 14.8 Å². The van der Waals surface area contributed by atoms with Crippen molar-refractivity contribution in [2.24, 2.45) is 5.92 Å². The van der Waals surface area contributed by atoms with Gasteiger partial charge in [0, 0.05) is 50.5 Å². The third-order valence-corrected chi connectivity index (χ3v) is 8.52. The number of carbonyl (C=O) groups is 2. The molecule has 2 aliphatic rings. The molecule has 9 nitrogen and oxygen atoms in total. The molecule has 2 heterocycles. The van der Waals surface area contributed by atoms with E-state index in [0.717, 1.165) is 13.1 Å². The van der Waals surface area contributed by atoms with E-state index in [1.807, 2.05) is 11.9 Å². The van der Waals surface area contributed by atoms with Crippen LogP contribution in [0.1, 0.15) is 23.2 Å². The van der Waals surface area contributed by atoms with Crippen LogP contribution in [0.5, 0.6) is 5.75 Å². The molecule has 0 spiro atoms. The minimum Gasteiger partial charge on any atom is -0.497 e. The molecule has 2 amide bonds. The Bertz CT molecular complexity index is 1140. The van der Waals surface area contributed by atoms with Gasteiger partial charge in [0.25, 0.3) is 5.91 Å². The number of carbonyl (C=O) groups excluding carboxylic acids is 2. The van der Waals surface area contributed by atoms with Crippen molar-refractivity contribution in [2.75, 3.05) is 58.7 Å². The molecular formula is C25H32N4O5S. The predicted molar refractivity (Wildman–Crippen MR) is 133 cm³/mol. The monoisotopic (exact) mass is 500 g/mol. The highest BCUT2D eigenvalue weighted by Crippen LogP contribution is 2.26. The fraction of sp³-hybridized carbons (Fsp3) is 0.440. The molecule has 35 heavy (non-hydrogen) atoms. The number of piperazine rings is 1. The first-order valence-corrected chi connectivity index (χ1v) is 13.2. The first kappa shape index (κ1) is 25.2. The van der Waals surface area contributed by atoms with Gasteiger partial charge >= 0.3 is 0 Å². The predicted octanol–water partition coefficient (Wildman–Crippen LogP) is 2.12. The van der Waals surface area contributed by atoms with Gasteiger partial charge in [-0.3, -0.25) is 9.59 Å². The maximum Gasteiger partial charge on any atom is 0.253 e. The molecule has 2 fully saturated rings. The number of nitrogens with one attached hydrogen (secondary N) is 1. The highest BCUT2D eigenvalue weighted by atomic mass is 32.2. The number of anilines is 1. The van der Waals surface area contributed by atoms with E-state index in [1.165, 1.54) is 23.5 Å². The molecule has 10 heteroatoms. The van der Waals surface area contributed by atoms with Crippen molar-refractivity contribution in [1.29, 1.82) is 0 Å². The lowest BCUT2D eigenvalue weighted by molar-refractivity contribution is -0.120. The first-order chi connectivity index (χ1) is 16.8. The van der Waals surface area contributed by atoms with Crippen LogP contribution in [0.25, 0.3) is 0 Å². The largest absolute Gasteiger partial charge is 0.497 e. The van der Waals surface area contributed by atoms with Crippen LogP contribution >= 0.6 is 0 Å². The molecule has 1 atom stereocenters. The lowest BCUT2D eigenvalue weighted by Crippen LogP contribution is -2.47. The van der Waals surface area contributed by atoms with Crippen LogP contribution in [0, 0.1) is 5.92 Å². The van der Waals surface area contributed by atoms with Gasteiger partial charge in [-0.1, -0.05) is 0 Å². The minimum atomic E-state index is -3.70. The molecular weight excluding hydrogens is 468 g/mol. The molecule has 2 aliphatic heterocycles. The number of ether oxygens (including phenoxy) is 1. The van der Waals surface area contributed by atoms with Gasteiger partial charge in [0.15, 0.2) is 0 Å². The van der Waals surface area contributed by atoms with E-state index in [2.05, 4.69) is 10.2 Å². The van der Waals surface area contributed by atoms with Crippen LogP contribution in [-0.4, -0.2) is 87.8 Å². The molecule has 2 aromatic carbocycles. The van der Waals surface area contributed by atoms with Crippen LogP contribution in [0.2, 0.25) is 0 Å². The molecule has 0 aromatic heterocycles. The lowest BCUT2D eigenvalue weighted by Gasteiger charge is -2.32. The molecule has 2 aromatic rings. The van der Waals surface area contributed by atoms with Crippen LogP contribution in [0.15, 0.2) is 53.4 Å². The van der Waals surface area contributed by atoms with Gasteiger partial charge in [0.2, 0.25) is 15.9 Å². The maximum atomic E-state index is 13.1. The Morgan fingerprint density at radius 3 is 2.23 bits per heavy atom. The van der Waals surface area contributed by atoms with E-state index < -0.39 is 15.9 Å². The summed E-state index contributed by atoms with van der Waals surface area (Å²) in [5.41, 5.74) is 1.17. The standard InChI is InChI=1S/C25H32N4O5S/c1-27-14-16-28(17-15-27)25(31)19-5-7-21(8-6-19)26-24(30)20-4-3-13-29(18-20)35(32,33)23-11-9-22(34-2)10-12-23/h5-12,20H,3-4,13-18H2,1-2H3,(H,26,30)/t20-/m0/s1. The summed E-state index contributed by atoms with van der Waals surface area (Å²) in [5, 5.41) is 2.88. The second-order valence-electron chi connectivity index (χ2n) is 9.04. The summed E-state index contributed by atoms with van der Waals surface area (Å²) >= 11 is 0. The highest BCUT2D eigenvalue weighted by molar-refractivity contribution is 7.89. The van der Waals surface area contributed by atoms with Gasteiger partial charge in [-0.15, -0.1) is 0 Å². The van der Waals surface area contributed by atoms with Crippen molar-refractivity contribution in [3.05, 3.63) is 54.1 Å². The topological polar surface area (TPSA) is 99.3 Å². The molecule has 1 N–H and O–H groups in total. The van der Waals surface area contributed by atoms with Crippen molar-refractivity contribution < 1.29 is 22.7 Å². The second-order valence-corrected chi connectivity index (χ2v) is 11.0. The number of likely N-dealkylation sites (N-methyl/N-ethyl adjacent to an activating group) is 1. The van der Waals surface area contributed by atoms with Crippen molar-refractivity contribution in [2.45, 2.75) is 17.7 Å². The van der Waals surface area contributed by atoms with E-state index in [0.29, 0.717) is 49.5 Å². The van der Waals surface area contributed by atoms with Gasteiger partial charge in [-0.25, -0.2) is 8.42 Å². The van der Waals surface area contributed by atoms with Gasteiger partial charge in [0.05, 0.1) is 17.9 Å². The van der Waals surface area contributed by atoms with Gasteiger partial charge in [0.1, 0.15) is 5.75 Å². The summed E-state index contributed by atoms with van der Waals surface area (Å²) in [5.74, 6) is -0.111. The third kappa shape index (κ3) is 5.83. The van der Waals surface area contributed by atoms with Gasteiger partial charge in [-0.2, -0.15) is 4.31 Å². The number of sulfonamides is 1. The molecule has 188 valence electrons. The quantitative estimate of drug-likeness (QED) is 0.652. The number of methoxy groups -OCH3 is 1. The maximum absolute atomic E-state index is 13.1. The van der Waals surface area contributed by atoms with Crippen molar-refractivity contribution in [1.82, 2.24) is 14.1 Å². The normalized spacial score (nSPS) is 19.8. The summed E-state index contributed by atoms with van der Waals surface area (Å²) in [6.07, 6.45) is 1.21. The number of benzene rings is 2. The Balaban J connectivity index is 1.36. The van der Waals surface area contributed by atoms with Gasteiger partial charge in [-0.05, 0) is 68.4 Å². The van der Waals surface area contributed by atoms with Crippen molar-refractivity contribution in [3.8, 4) is 5.75 Å². The lowest BCUT2D eigenvalue weighted by atomic mass is 9.98. The van der Waals surface area contributed by atoms with E-state index in [-0.39, 0.29) is 23.3 Å². The van der Waals surface area contributed by atoms with E-state index in [9.17, 15) is 18.0 Å². The molecule has 0 unspecified atom stereocenters. The zero-order chi connectivity index (χ0) is 25.0. The van der Waals surface area contributed by atoms with Crippen LogP contribution < -0.4 is 10.1 Å². The first-order valence-electron chi connectivity index (χ1n) is 11.8. The van der Waals surface area contributed by atoms with E-state index >= 15 is 0 Å². The number of hydrogen-bond acceptors (Lipinski definition) is 6. The summed E-state index contributed by atoms with van der Waals surface area (Å²) in [4.78, 5) is 29.9.